The Morgan fingerprint density at radius 1 is 1.17 bits per heavy atom. The summed E-state index contributed by atoms with van der Waals surface area (Å²) in [6, 6.07) is 5.98. The van der Waals surface area contributed by atoms with Gasteiger partial charge in [0.2, 0.25) is 5.91 Å². The Bertz CT molecular complexity index is 629. The van der Waals surface area contributed by atoms with E-state index in [4.69, 9.17) is 5.11 Å². The second kappa shape index (κ2) is 5.75. The van der Waals surface area contributed by atoms with E-state index in [0.29, 0.717) is 0 Å². The van der Waals surface area contributed by atoms with Gasteiger partial charge >= 0.3 is 12.1 Å². The number of alkyl halides is 3. The first-order valence-corrected chi connectivity index (χ1v) is 6.97. The number of halogens is 3. The molecule has 1 aromatic rings. The molecule has 1 aliphatic rings. The minimum atomic E-state index is -4.38. The zero-order chi connectivity index (χ0) is 17.4. The van der Waals surface area contributed by atoms with Gasteiger partial charge in [-0.3, -0.25) is 9.59 Å². The topological polar surface area (TPSA) is 78.4 Å². The summed E-state index contributed by atoms with van der Waals surface area (Å²) in [5, 5.41) is 13.8. The van der Waals surface area contributed by atoms with Crippen molar-refractivity contribution in [3.63, 3.8) is 0 Å². The molecule has 0 unspecified atom stereocenters. The molecular formula is C15H17F3N2O3. The van der Waals surface area contributed by atoms with E-state index < -0.39 is 41.8 Å². The van der Waals surface area contributed by atoms with Gasteiger partial charge < -0.3 is 15.7 Å². The van der Waals surface area contributed by atoms with Gasteiger partial charge in [0.15, 0.2) is 0 Å². The van der Waals surface area contributed by atoms with Crippen molar-refractivity contribution in [2.75, 3.05) is 17.2 Å². The van der Waals surface area contributed by atoms with Crippen molar-refractivity contribution < 1.29 is 27.9 Å². The quantitative estimate of drug-likeness (QED) is 0.776. The molecular weight excluding hydrogens is 313 g/mol. The number of benzene rings is 1. The molecule has 0 aliphatic heterocycles. The molecule has 5 nitrogen and oxygen atoms in total. The van der Waals surface area contributed by atoms with E-state index in [2.05, 4.69) is 10.6 Å². The van der Waals surface area contributed by atoms with Crippen molar-refractivity contribution in [3.05, 3.63) is 24.3 Å². The minimum absolute atomic E-state index is 0.128. The predicted octanol–water partition coefficient (Wildman–Crippen LogP) is 2.96. The average molecular weight is 330 g/mol. The van der Waals surface area contributed by atoms with Crippen LogP contribution in [0.15, 0.2) is 24.3 Å². The van der Waals surface area contributed by atoms with Crippen LogP contribution in [-0.4, -0.2) is 29.7 Å². The van der Waals surface area contributed by atoms with Crippen LogP contribution in [0, 0.1) is 17.3 Å². The zero-order valence-electron chi connectivity index (χ0n) is 12.6. The Labute approximate surface area is 130 Å². The van der Waals surface area contributed by atoms with Crippen LogP contribution in [0.3, 0.4) is 0 Å². The summed E-state index contributed by atoms with van der Waals surface area (Å²) in [6.45, 7) is 2.11. The number of aliphatic carboxylic acids is 1. The van der Waals surface area contributed by atoms with E-state index >= 15 is 0 Å². The number of para-hydroxylation sites is 2. The number of carboxylic acids is 1. The number of carboxylic acid groups (broad SMARTS) is 1. The first kappa shape index (κ1) is 17.1. The fourth-order valence-corrected chi connectivity index (χ4v) is 2.74. The molecule has 0 heterocycles. The normalized spacial score (nSPS) is 22.3. The van der Waals surface area contributed by atoms with Gasteiger partial charge in [0.25, 0.3) is 0 Å². The molecule has 3 N–H and O–H groups in total. The Kier molecular flexibility index (Phi) is 4.28. The fourth-order valence-electron chi connectivity index (χ4n) is 2.74. The lowest BCUT2D eigenvalue weighted by atomic mass is 10.1. The lowest BCUT2D eigenvalue weighted by Crippen LogP contribution is -2.23. The molecule has 1 saturated carbocycles. The summed E-state index contributed by atoms with van der Waals surface area (Å²) in [5.74, 6) is -3.07. The van der Waals surface area contributed by atoms with Gasteiger partial charge in [-0.2, -0.15) is 13.2 Å². The number of rotatable bonds is 5. The van der Waals surface area contributed by atoms with Crippen LogP contribution in [0.25, 0.3) is 0 Å². The third kappa shape index (κ3) is 3.75. The zero-order valence-corrected chi connectivity index (χ0v) is 12.6. The number of hydrogen-bond acceptors (Lipinski definition) is 3. The van der Waals surface area contributed by atoms with Gasteiger partial charge in [0.1, 0.15) is 6.54 Å². The number of carbonyl (C=O) groups excluding carboxylic acids is 1. The van der Waals surface area contributed by atoms with E-state index in [1.807, 2.05) is 0 Å². The van der Waals surface area contributed by atoms with Crippen molar-refractivity contribution in [2.45, 2.75) is 20.0 Å². The molecule has 0 aromatic heterocycles. The Morgan fingerprint density at radius 2 is 1.74 bits per heavy atom. The molecule has 0 bridgehead atoms. The average Bonchev–Trinajstić information content (AvgIpc) is 3.00. The summed E-state index contributed by atoms with van der Waals surface area (Å²) in [7, 11) is 0. The van der Waals surface area contributed by atoms with E-state index in [0.717, 1.165) is 0 Å². The fraction of sp³-hybridized carbons (Fsp3) is 0.467. The highest BCUT2D eigenvalue weighted by atomic mass is 19.4. The molecule has 23 heavy (non-hydrogen) atoms. The second-order valence-electron chi connectivity index (χ2n) is 6.12. The van der Waals surface area contributed by atoms with Gasteiger partial charge in [0.05, 0.1) is 23.2 Å². The van der Waals surface area contributed by atoms with Gasteiger partial charge in [-0.15, -0.1) is 0 Å². The lowest BCUT2D eigenvalue weighted by molar-refractivity contribution is -0.140. The standard InChI is InChI=1S/C15H17F3N2O3/c1-14(2)10(11(14)13(22)23)12(21)20-9-6-4-3-5-8(9)19-7-15(16,17)18/h3-6,10-11,19H,7H2,1-2H3,(H,20,21)(H,22,23)/t10-,11+/m1/s1. The smallest absolute Gasteiger partial charge is 0.405 e. The van der Waals surface area contributed by atoms with Gasteiger partial charge in [0, 0.05) is 0 Å². The summed E-state index contributed by atoms with van der Waals surface area (Å²) < 4.78 is 36.9. The first-order valence-electron chi connectivity index (χ1n) is 6.97. The van der Waals surface area contributed by atoms with E-state index in [1.54, 1.807) is 19.9 Å². The Hall–Kier alpha value is -2.25. The van der Waals surface area contributed by atoms with Crippen LogP contribution in [0.4, 0.5) is 24.5 Å². The van der Waals surface area contributed by atoms with Crippen molar-refractivity contribution >= 4 is 23.3 Å². The van der Waals surface area contributed by atoms with Gasteiger partial charge in [-0.1, -0.05) is 26.0 Å². The highest BCUT2D eigenvalue weighted by molar-refractivity contribution is 6.01. The lowest BCUT2D eigenvalue weighted by Gasteiger charge is -2.14. The number of hydrogen-bond donors (Lipinski definition) is 3. The highest BCUT2D eigenvalue weighted by Gasteiger charge is 2.65. The third-order valence-corrected chi connectivity index (χ3v) is 4.04. The molecule has 2 rings (SSSR count). The van der Waals surface area contributed by atoms with Crippen LogP contribution in [-0.2, 0) is 9.59 Å². The Morgan fingerprint density at radius 3 is 2.22 bits per heavy atom. The highest BCUT2D eigenvalue weighted by Crippen LogP contribution is 2.58. The number of nitrogens with one attached hydrogen (secondary N) is 2. The largest absolute Gasteiger partial charge is 0.481 e. The van der Waals surface area contributed by atoms with Gasteiger partial charge in [-0.05, 0) is 17.5 Å². The number of anilines is 2. The maximum Gasteiger partial charge on any atom is 0.405 e. The molecule has 0 radical (unpaired) electrons. The number of amides is 1. The van der Waals surface area contributed by atoms with Crippen LogP contribution >= 0.6 is 0 Å². The van der Waals surface area contributed by atoms with Gasteiger partial charge in [-0.25, -0.2) is 0 Å². The minimum Gasteiger partial charge on any atom is -0.481 e. The van der Waals surface area contributed by atoms with E-state index in [9.17, 15) is 22.8 Å². The second-order valence-corrected chi connectivity index (χ2v) is 6.12. The van der Waals surface area contributed by atoms with Crippen LogP contribution < -0.4 is 10.6 Å². The van der Waals surface area contributed by atoms with Crippen molar-refractivity contribution in [3.8, 4) is 0 Å². The predicted molar refractivity (Wildman–Crippen MR) is 78.0 cm³/mol. The molecule has 8 heteroatoms. The van der Waals surface area contributed by atoms with Crippen molar-refractivity contribution in [1.29, 1.82) is 0 Å². The molecule has 1 aromatic carbocycles. The molecule has 1 aliphatic carbocycles. The summed E-state index contributed by atoms with van der Waals surface area (Å²) in [5.41, 5.74) is -0.360. The van der Waals surface area contributed by atoms with Crippen LogP contribution in [0.5, 0.6) is 0 Å². The van der Waals surface area contributed by atoms with Crippen molar-refractivity contribution in [1.82, 2.24) is 0 Å². The van der Waals surface area contributed by atoms with Crippen LogP contribution in [0.2, 0.25) is 0 Å². The molecule has 126 valence electrons. The molecule has 1 amide bonds. The number of carbonyl (C=O) groups is 2. The SMILES string of the molecule is CC1(C)[C@H](C(=O)O)[C@@H]1C(=O)Nc1ccccc1NCC(F)(F)F. The molecule has 0 spiro atoms. The maximum absolute atomic E-state index is 12.3. The molecule has 1 fully saturated rings. The first-order chi connectivity index (χ1) is 10.5. The summed E-state index contributed by atoms with van der Waals surface area (Å²) in [4.78, 5) is 23.3. The van der Waals surface area contributed by atoms with Crippen molar-refractivity contribution in [2.24, 2.45) is 17.3 Å². The van der Waals surface area contributed by atoms with E-state index in [-0.39, 0.29) is 11.4 Å². The molecule has 0 saturated heterocycles. The monoisotopic (exact) mass is 330 g/mol. The van der Waals surface area contributed by atoms with Crippen LogP contribution in [0.1, 0.15) is 13.8 Å². The summed E-state index contributed by atoms with van der Waals surface area (Å²) >= 11 is 0. The third-order valence-electron chi connectivity index (χ3n) is 4.04. The maximum atomic E-state index is 12.3. The molecule has 2 atom stereocenters. The summed E-state index contributed by atoms with van der Waals surface area (Å²) in [6.07, 6.45) is -4.38. The van der Waals surface area contributed by atoms with E-state index in [1.165, 1.54) is 18.2 Å². The Balaban J connectivity index is 2.09.